The monoisotopic (exact) mass is 707 g/mol. The Hall–Kier alpha value is -6.95. The van der Waals surface area contributed by atoms with Gasteiger partial charge in [0.25, 0.3) is 0 Å². The van der Waals surface area contributed by atoms with Crippen molar-refractivity contribution in [2.24, 2.45) is 0 Å². The lowest BCUT2D eigenvalue weighted by atomic mass is 9.93. The smallest absolute Gasteiger partial charge is 0.164 e. The molecule has 0 N–H and O–H groups in total. The maximum atomic E-state index is 6.58. The van der Waals surface area contributed by atoms with Gasteiger partial charge >= 0.3 is 0 Å². The summed E-state index contributed by atoms with van der Waals surface area (Å²) in [5.41, 5.74) is 9.09. The van der Waals surface area contributed by atoms with Crippen LogP contribution < -0.4 is 0 Å². The molecule has 5 heteroatoms. The van der Waals surface area contributed by atoms with Crippen LogP contribution in [0.4, 0.5) is 0 Å². The molecule has 0 atom stereocenters. The Labute approximate surface area is 314 Å². The van der Waals surface area contributed by atoms with Gasteiger partial charge in [0.15, 0.2) is 17.5 Å². The molecule has 0 aliphatic heterocycles. The average Bonchev–Trinajstić information content (AvgIpc) is 3.82. The number of fused-ring (bicyclic) bond motifs is 7. The van der Waals surface area contributed by atoms with Crippen molar-refractivity contribution < 1.29 is 4.42 Å². The highest BCUT2D eigenvalue weighted by atomic mass is 32.1. The molecule has 11 rings (SSSR count). The maximum absolute atomic E-state index is 6.58. The van der Waals surface area contributed by atoms with Gasteiger partial charge in [-0.3, -0.25) is 0 Å². The first-order chi connectivity index (χ1) is 26.7. The standard InChI is InChI=1S/C49H29N3OS/c1-3-11-31(12-4-1)38-26-25-37(45-41-16-7-9-17-42(41)53-46(38)45)33-21-19-30-20-22-34(28-36(30)27-33)48-50-47(32-13-5-2-6-14-32)51-49(52-48)35-23-24-40-39-15-8-10-18-43(39)54-44(40)29-35/h1-29H. The first-order valence-corrected chi connectivity index (χ1v) is 18.8. The van der Waals surface area contributed by atoms with Crippen molar-refractivity contribution in [3.8, 4) is 56.4 Å². The number of thiophene rings is 1. The second kappa shape index (κ2) is 12.3. The Morgan fingerprint density at radius 3 is 1.74 bits per heavy atom. The molecule has 0 spiro atoms. The summed E-state index contributed by atoms with van der Waals surface area (Å²) in [6.45, 7) is 0. The molecule has 252 valence electrons. The van der Waals surface area contributed by atoms with E-state index in [9.17, 15) is 0 Å². The molecule has 11 aromatic rings. The van der Waals surface area contributed by atoms with Gasteiger partial charge in [-0.15, -0.1) is 11.3 Å². The first kappa shape index (κ1) is 30.7. The number of hydrogen-bond acceptors (Lipinski definition) is 5. The zero-order valence-electron chi connectivity index (χ0n) is 28.9. The Morgan fingerprint density at radius 1 is 0.370 bits per heavy atom. The third-order valence-corrected chi connectivity index (χ3v) is 11.5. The average molecular weight is 708 g/mol. The van der Waals surface area contributed by atoms with E-state index in [1.807, 2.05) is 48.5 Å². The van der Waals surface area contributed by atoms with Crippen LogP contribution >= 0.6 is 11.3 Å². The lowest BCUT2D eigenvalue weighted by molar-refractivity contribution is 0.670. The first-order valence-electron chi connectivity index (χ1n) is 18.0. The van der Waals surface area contributed by atoms with Gasteiger partial charge in [0, 0.05) is 53.2 Å². The second-order valence-electron chi connectivity index (χ2n) is 13.6. The summed E-state index contributed by atoms with van der Waals surface area (Å²) >= 11 is 1.80. The van der Waals surface area contributed by atoms with Crippen LogP contribution in [0.1, 0.15) is 0 Å². The molecular formula is C49H29N3OS. The van der Waals surface area contributed by atoms with Crippen LogP contribution in [0, 0.1) is 0 Å². The lowest BCUT2D eigenvalue weighted by Crippen LogP contribution is -2.00. The molecule has 3 heterocycles. The number of aromatic nitrogens is 3. The predicted octanol–water partition coefficient (Wildman–Crippen LogP) is 13.6. The number of nitrogens with zero attached hydrogens (tertiary/aromatic N) is 3. The fourth-order valence-electron chi connectivity index (χ4n) is 7.68. The summed E-state index contributed by atoms with van der Waals surface area (Å²) in [6, 6.07) is 61.6. The van der Waals surface area contributed by atoms with Crippen molar-refractivity contribution in [2.75, 3.05) is 0 Å². The lowest BCUT2D eigenvalue weighted by Gasteiger charge is -2.11. The number of furan rings is 1. The van der Waals surface area contributed by atoms with E-state index in [2.05, 4.69) is 127 Å². The molecule has 0 fully saturated rings. The third kappa shape index (κ3) is 5.09. The number of para-hydroxylation sites is 1. The summed E-state index contributed by atoms with van der Waals surface area (Å²) in [5.74, 6) is 1.94. The van der Waals surface area contributed by atoms with E-state index in [4.69, 9.17) is 19.4 Å². The van der Waals surface area contributed by atoms with Crippen molar-refractivity contribution in [1.29, 1.82) is 0 Å². The minimum atomic E-state index is 0.637. The van der Waals surface area contributed by atoms with Gasteiger partial charge < -0.3 is 4.42 Å². The fourth-order valence-corrected chi connectivity index (χ4v) is 8.83. The highest BCUT2D eigenvalue weighted by Crippen LogP contribution is 2.42. The Kier molecular flexibility index (Phi) is 7.00. The predicted molar refractivity (Wildman–Crippen MR) is 225 cm³/mol. The molecule has 0 aliphatic rings. The van der Waals surface area contributed by atoms with Crippen molar-refractivity contribution in [2.45, 2.75) is 0 Å². The van der Waals surface area contributed by atoms with Gasteiger partial charge in [0.05, 0.1) is 0 Å². The molecule has 3 aromatic heterocycles. The van der Waals surface area contributed by atoms with Crippen molar-refractivity contribution in [3.63, 3.8) is 0 Å². The highest BCUT2D eigenvalue weighted by molar-refractivity contribution is 7.25. The SMILES string of the molecule is c1ccc(-c2nc(-c3ccc4ccc(-c5ccc(-c6ccccc6)c6oc7ccccc7c56)cc4c3)nc(-c3ccc4c(c3)sc3ccccc34)n2)cc1. The van der Waals surface area contributed by atoms with Crippen molar-refractivity contribution >= 4 is 64.2 Å². The van der Waals surface area contributed by atoms with Crippen molar-refractivity contribution in [3.05, 3.63) is 176 Å². The molecule has 0 aliphatic carbocycles. The van der Waals surface area contributed by atoms with Gasteiger partial charge in [0.1, 0.15) is 11.2 Å². The molecule has 0 saturated carbocycles. The van der Waals surface area contributed by atoms with Crippen LogP contribution in [-0.2, 0) is 0 Å². The van der Waals surface area contributed by atoms with E-state index in [0.29, 0.717) is 17.5 Å². The van der Waals surface area contributed by atoms with E-state index in [1.54, 1.807) is 11.3 Å². The molecule has 0 unspecified atom stereocenters. The van der Waals surface area contributed by atoms with Crippen LogP contribution in [0.15, 0.2) is 180 Å². The summed E-state index contributed by atoms with van der Waals surface area (Å²) in [7, 11) is 0. The molecule has 0 amide bonds. The normalized spacial score (nSPS) is 11.7. The zero-order valence-corrected chi connectivity index (χ0v) is 29.7. The second-order valence-corrected chi connectivity index (χ2v) is 14.7. The number of benzene rings is 8. The third-order valence-electron chi connectivity index (χ3n) is 10.3. The molecular weight excluding hydrogens is 679 g/mol. The highest BCUT2D eigenvalue weighted by Gasteiger charge is 2.18. The summed E-state index contributed by atoms with van der Waals surface area (Å²) in [4.78, 5) is 15.2. The molecule has 54 heavy (non-hydrogen) atoms. The van der Waals surface area contributed by atoms with Gasteiger partial charge in [-0.25, -0.2) is 15.0 Å². The summed E-state index contributed by atoms with van der Waals surface area (Å²) < 4.78 is 9.06. The van der Waals surface area contributed by atoms with Crippen molar-refractivity contribution in [1.82, 2.24) is 15.0 Å². The van der Waals surface area contributed by atoms with Gasteiger partial charge in [0.2, 0.25) is 0 Å². The zero-order chi connectivity index (χ0) is 35.6. The molecule has 0 saturated heterocycles. The quantitative estimate of drug-likeness (QED) is 0.179. The van der Waals surface area contributed by atoms with Gasteiger partial charge in [-0.1, -0.05) is 140 Å². The van der Waals surface area contributed by atoms with Crippen LogP contribution in [-0.4, -0.2) is 15.0 Å². The maximum Gasteiger partial charge on any atom is 0.164 e. The van der Waals surface area contributed by atoms with E-state index in [-0.39, 0.29) is 0 Å². The minimum Gasteiger partial charge on any atom is -0.455 e. The van der Waals surface area contributed by atoms with E-state index >= 15 is 0 Å². The Balaban J connectivity index is 1.06. The number of rotatable bonds is 5. The largest absolute Gasteiger partial charge is 0.455 e. The van der Waals surface area contributed by atoms with E-state index < -0.39 is 0 Å². The molecule has 4 nitrogen and oxygen atoms in total. The van der Waals surface area contributed by atoms with E-state index in [0.717, 1.165) is 71.7 Å². The Morgan fingerprint density at radius 2 is 0.944 bits per heavy atom. The minimum absolute atomic E-state index is 0.637. The topological polar surface area (TPSA) is 51.8 Å². The fraction of sp³-hybridized carbons (Fsp3) is 0. The molecule has 0 radical (unpaired) electrons. The number of hydrogen-bond donors (Lipinski definition) is 0. The van der Waals surface area contributed by atoms with Crippen LogP contribution in [0.25, 0.3) is 109 Å². The van der Waals surface area contributed by atoms with Crippen LogP contribution in [0.5, 0.6) is 0 Å². The molecule has 8 aromatic carbocycles. The van der Waals surface area contributed by atoms with Crippen LogP contribution in [0.3, 0.4) is 0 Å². The Bertz CT molecular complexity index is 3220. The summed E-state index contributed by atoms with van der Waals surface area (Å²) in [5, 5.41) is 6.99. The van der Waals surface area contributed by atoms with Gasteiger partial charge in [-0.05, 0) is 63.9 Å². The van der Waals surface area contributed by atoms with Crippen LogP contribution in [0.2, 0.25) is 0 Å². The van der Waals surface area contributed by atoms with E-state index in [1.165, 1.54) is 20.2 Å². The summed E-state index contributed by atoms with van der Waals surface area (Å²) in [6.07, 6.45) is 0. The molecule has 0 bridgehead atoms. The van der Waals surface area contributed by atoms with Gasteiger partial charge in [-0.2, -0.15) is 0 Å².